The Morgan fingerprint density at radius 3 is 2.07 bits per heavy atom. The van der Waals surface area contributed by atoms with Crippen molar-refractivity contribution in [2.24, 2.45) is 5.92 Å². The summed E-state index contributed by atoms with van der Waals surface area (Å²) in [5, 5.41) is 0. The quantitative estimate of drug-likeness (QED) is 0.306. The van der Waals surface area contributed by atoms with Gasteiger partial charge in [-0.15, -0.1) is 0 Å². The Labute approximate surface area is 235 Å². The molecule has 1 aliphatic heterocycles. The predicted molar refractivity (Wildman–Crippen MR) is 147 cm³/mol. The number of aryl methyl sites for hydroxylation is 1. The van der Waals surface area contributed by atoms with Crippen LogP contribution in [-0.2, 0) is 23.6 Å². The molecule has 220 valence electrons. The van der Waals surface area contributed by atoms with E-state index in [1.807, 2.05) is 37.3 Å². The standard InChI is InChI=1S/C30H32F6N4O/c1-19-7-5-6-8-24(19)25-17-27(40-11-9-38(3)10-12-40)37-18-26(25)39(4)28(41)20(2)13-21-14-22(29(31,32)33)16-23(15-21)30(34,35)36/h5-8,14-18,20H,9-13H2,1-4H3. The number of anilines is 2. The molecule has 2 heterocycles. The average Bonchev–Trinajstić information content (AvgIpc) is 2.91. The Morgan fingerprint density at radius 1 is 0.927 bits per heavy atom. The lowest BCUT2D eigenvalue weighted by molar-refractivity contribution is -0.143. The smallest absolute Gasteiger partial charge is 0.354 e. The van der Waals surface area contributed by atoms with Gasteiger partial charge >= 0.3 is 12.4 Å². The van der Waals surface area contributed by atoms with E-state index in [4.69, 9.17) is 0 Å². The lowest BCUT2D eigenvalue weighted by Gasteiger charge is -2.34. The van der Waals surface area contributed by atoms with Crippen molar-refractivity contribution >= 4 is 17.4 Å². The number of alkyl halides is 6. The van der Waals surface area contributed by atoms with Crippen LogP contribution >= 0.6 is 0 Å². The fourth-order valence-electron chi connectivity index (χ4n) is 5.03. The molecule has 1 atom stereocenters. The first-order valence-corrected chi connectivity index (χ1v) is 13.2. The molecule has 0 radical (unpaired) electrons. The molecule has 1 amide bonds. The minimum absolute atomic E-state index is 0.0875. The Bertz CT molecular complexity index is 1360. The highest BCUT2D eigenvalue weighted by Gasteiger charge is 2.37. The molecule has 1 aromatic heterocycles. The van der Waals surface area contributed by atoms with E-state index in [9.17, 15) is 31.1 Å². The number of hydrogen-bond donors (Lipinski definition) is 0. The van der Waals surface area contributed by atoms with Gasteiger partial charge in [0.15, 0.2) is 0 Å². The summed E-state index contributed by atoms with van der Waals surface area (Å²) in [7, 11) is 3.60. The second-order valence-corrected chi connectivity index (χ2v) is 10.6. The minimum atomic E-state index is -4.96. The van der Waals surface area contributed by atoms with Crippen LogP contribution in [0.2, 0.25) is 0 Å². The minimum Gasteiger partial charge on any atom is -0.354 e. The van der Waals surface area contributed by atoms with Crippen LogP contribution < -0.4 is 9.80 Å². The normalized spacial score (nSPS) is 15.6. The molecule has 3 aromatic rings. The van der Waals surface area contributed by atoms with Crippen LogP contribution in [0.1, 0.15) is 29.2 Å². The summed E-state index contributed by atoms with van der Waals surface area (Å²) in [6.07, 6.45) is -8.62. The van der Waals surface area contributed by atoms with Crippen molar-refractivity contribution in [2.45, 2.75) is 32.6 Å². The molecule has 1 saturated heterocycles. The van der Waals surface area contributed by atoms with Gasteiger partial charge in [0, 0.05) is 44.7 Å². The SMILES string of the molecule is Cc1ccccc1-c1cc(N2CCN(C)CC2)ncc1N(C)C(=O)C(C)Cc1cc(C(F)(F)F)cc(C(F)(F)F)c1. The summed E-state index contributed by atoms with van der Waals surface area (Å²) in [5.41, 5.74) is 0.0930. The first kappa shape index (κ1) is 30.4. The molecule has 1 unspecified atom stereocenters. The number of amides is 1. The van der Waals surface area contributed by atoms with Gasteiger partial charge in [-0.05, 0) is 61.3 Å². The van der Waals surface area contributed by atoms with Gasteiger partial charge in [-0.3, -0.25) is 4.79 Å². The summed E-state index contributed by atoms with van der Waals surface area (Å²) < 4.78 is 80.1. The van der Waals surface area contributed by atoms with Gasteiger partial charge in [-0.25, -0.2) is 4.98 Å². The third kappa shape index (κ3) is 7.01. The van der Waals surface area contributed by atoms with Crippen LogP contribution in [0.15, 0.2) is 54.7 Å². The first-order valence-electron chi connectivity index (χ1n) is 13.2. The molecule has 0 spiro atoms. The van der Waals surface area contributed by atoms with Crippen molar-refractivity contribution in [1.29, 1.82) is 0 Å². The third-order valence-corrected chi connectivity index (χ3v) is 7.43. The van der Waals surface area contributed by atoms with Crippen LogP contribution in [0.4, 0.5) is 37.8 Å². The number of rotatable bonds is 6. The van der Waals surface area contributed by atoms with E-state index in [0.717, 1.165) is 48.7 Å². The lowest BCUT2D eigenvalue weighted by atomic mass is 9.95. The van der Waals surface area contributed by atoms with Crippen molar-refractivity contribution < 1.29 is 31.1 Å². The van der Waals surface area contributed by atoms with Crippen LogP contribution in [0.5, 0.6) is 0 Å². The highest BCUT2D eigenvalue weighted by atomic mass is 19.4. The zero-order valence-corrected chi connectivity index (χ0v) is 23.3. The van der Waals surface area contributed by atoms with Crippen molar-refractivity contribution in [3.05, 3.63) is 77.0 Å². The van der Waals surface area contributed by atoms with Crippen molar-refractivity contribution in [1.82, 2.24) is 9.88 Å². The highest BCUT2D eigenvalue weighted by molar-refractivity contribution is 5.99. The second kappa shape index (κ2) is 11.7. The number of nitrogens with zero attached hydrogens (tertiary/aromatic N) is 4. The van der Waals surface area contributed by atoms with Crippen molar-refractivity contribution in [3.8, 4) is 11.1 Å². The maximum atomic E-state index is 13.5. The molecule has 11 heteroatoms. The van der Waals surface area contributed by atoms with Crippen LogP contribution in [0.25, 0.3) is 11.1 Å². The molecule has 5 nitrogen and oxygen atoms in total. The molecule has 2 aromatic carbocycles. The van der Waals surface area contributed by atoms with Gasteiger partial charge in [-0.1, -0.05) is 31.2 Å². The van der Waals surface area contributed by atoms with Gasteiger partial charge in [0.25, 0.3) is 0 Å². The molecule has 0 bridgehead atoms. The number of piperazine rings is 1. The number of halogens is 6. The summed E-state index contributed by atoms with van der Waals surface area (Å²) in [6.45, 7) is 6.78. The van der Waals surface area contributed by atoms with Crippen molar-refractivity contribution in [3.63, 3.8) is 0 Å². The molecule has 0 saturated carbocycles. The largest absolute Gasteiger partial charge is 0.416 e. The number of carbonyl (C=O) groups excluding carboxylic acids is 1. The lowest BCUT2D eigenvalue weighted by Crippen LogP contribution is -2.44. The average molecular weight is 579 g/mol. The fraction of sp³-hybridized carbons (Fsp3) is 0.400. The molecular formula is C30H32F6N4O. The molecular weight excluding hydrogens is 546 g/mol. The van der Waals surface area contributed by atoms with E-state index in [2.05, 4.69) is 21.8 Å². The third-order valence-electron chi connectivity index (χ3n) is 7.43. The zero-order valence-electron chi connectivity index (χ0n) is 23.3. The topological polar surface area (TPSA) is 39.7 Å². The van der Waals surface area contributed by atoms with Gasteiger partial charge in [0.1, 0.15) is 5.82 Å². The highest BCUT2D eigenvalue weighted by Crippen LogP contribution is 2.38. The number of pyridine rings is 1. The zero-order chi connectivity index (χ0) is 30.1. The molecule has 4 rings (SSSR count). The van der Waals surface area contributed by atoms with E-state index < -0.39 is 35.3 Å². The Hall–Kier alpha value is -3.60. The summed E-state index contributed by atoms with van der Waals surface area (Å²) in [6, 6.07) is 11.0. The molecule has 1 aliphatic rings. The Kier molecular flexibility index (Phi) is 8.67. The van der Waals surface area contributed by atoms with Gasteiger partial charge in [-0.2, -0.15) is 26.3 Å². The van der Waals surface area contributed by atoms with Gasteiger partial charge in [0.2, 0.25) is 5.91 Å². The van der Waals surface area contributed by atoms with Crippen LogP contribution in [0, 0.1) is 12.8 Å². The molecule has 0 N–H and O–H groups in total. The second-order valence-electron chi connectivity index (χ2n) is 10.6. The van der Waals surface area contributed by atoms with E-state index in [0.29, 0.717) is 17.8 Å². The number of likely N-dealkylation sites (N-methyl/N-ethyl adjacent to an activating group) is 1. The molecule has 41 heavy (non-hydrogen) atoms. The van der Waals surface area contributed by atoms with E-state index in [1.165, 1.54) is 11.8 Å². The maximum absolute atomic E-state index is 13.5. The predicted octanol–water partition coefficient (Wildman–Crippen LogP) is 6.69. The van der Waals surface area contributed by atoms with Gasteiger partial charge < -0.3 is 14.7 Å². The molecule has 0 aliphatic carbocycles. The summed E-state index contributed by atoms with van der Waals surface area (Å²) in [4.78, 5) is 23.9. The first-order chi connectivity index (χ1) is 19.1. The number of carbonyl (C=O) groups is 1. The van der Waals surface area contributed by atoms with Gasteiger partial charge in [0.05, 0.1) is 23.0 Å². The van der Waals surface area contributed by atoms with Crippen LogP contribution in [0.3, 0.4) is 0 Å². The van der Waals surface area contributed by atoms with E-state index in [-0.39, 0.29) is 18.1 Å². The monoisotopic (exact) mass is 578 g/mol. The van der Waals surface area contributed by atoms with Crippen molar-refractivity contribution in [2.75, 3.05) is 50.1 Å². The van der Waals surface area contributed by atoms with E-state index >= 15 is 0 Å². The number of hydrogen-bond acceptors (Lipinski definition) is 4. The summed E-state index contributed by atoms with van der Waals surface area (Å²) >= 11 is 0. The number of benzene rings is 2. The van der Waals surface area contributed by atoms with Crippen LogP contribution in [-0.4, -0.2) is 56.1 Å². The Balaban J connectivity index is 1.66. The Morgan fingerprint density at radius 2 is 1.51 bits per heavy atom. The maximum Gasteiger partial charge on any atom is 0.416 e. The van der Waals surface area contributed by atoms with E-state index in [1.54, 1.807) is 13.2 Å². The number of aromatic nitrogens is 1. The fourth-order valence-corrected chi connectivity index (χ4v) is 5.03. The molecule has 1 fully saturated rings. The summed E-state index contributed by atoms with van der Waals surface area (Å²) in [5.74, 6) is -0.607.